The van der Waals surface area contributed by atoms with Gasteiger partial charge in [-0.15, -0.1) is 0 Å². The van der Waals surface area contributed by atoms with Crippen molar-refractivity contribution in [2.75, 3.05) is 33.5 Å². The van der Waals surface area contributed by atoms with Gasteiger partial charge in [-0.25, -0.2) is 4.79 Å². The molecule has 0 saturated heterocycles. The molecule has 23 heavy (non-hydrogen) atoms. The van der Waals surface area contributed by atoms with Crippen molar-refractivity contribution in [1.29, 1.82) is 0 Å². The zero-order valence-corrected chi connectivity index (χ0v) is 14.6. The van der Waals surface area contributed by atoms with Crippen molar-refractivity contribution >= 4 is 12.0 Å². The van der Waals surface area contributed by atoms with Gasteiger partial charge in [-0.2, -0.15) is 0 Å². The van der Waals surface area contributed by atoms with Crippen molar-refractivity contribution in [1.82, 2.24) is 10.6 Å². The normalized spacial score (nSPS) is 21.0. The molecule has 1 rings (SSSR count). The Balaban J connectivity index is 2.28. The van der Waals surface area contributed by atoms with Gasteiger partial charge in [0.15, 0.2) is 0 Å². The molecule has 1 saturated carbocycles. The Labute approximate surface area is 138 Å². The minimum atomic E-state index is -0.507. The molecule has 0 aromatic heterocycles. The molecule has 1 aliphatic carbocycles. The van der Waals surface area contributed by atoms with E-state index in [1.807, 2.05) is 20.8 Å². The molecule has 2 N–H and O–H groups in total. The summed E-state index contributed by atoms with van der Waals surface area (Å²) in [6, 6.07) is 0.0726. The average molecular weight is 330 g/mol. The van der Waals surface area contributed by atoms with Crippen molar-refractivity contribution in [3.63, 3.8) is 0 Å². The Hall–Kier alpha value is -1.34. The lowest BCUT2D eigenvalue weighted by atomic mass is 10.0. The third kappa shape index (κ3) is 8.76. The molecular weight excluding hydrogens is 300 g/mol. The second kappa shape index (κ2) is 9.72. The van der Waals surface area contributed by atoms with Crippen LogP contribution in [0.15, 0.2) is 0 Å². The first-order valence-electron chi connectivity index (χ1n) is 8.14. The molecule has 1 fully saturated rings. The minimum Gasteiger partial charge on any atom is -0.444 e. The van der Waals surface area contributed by atoms with Crippen molar-refractivity contribution in [2.45, 2.75) is 51.7 Å². The van der Waals surface area contributed by atoms with E-state index in [1.165, 1.54) is 0 Å². The molecular formula is C16H30N2O5. The third-order valence-electron chi connectivity index (χ3n) is 3.58. The van der Waals surface area contributed by atoms with E-state index in [9.17, 15) is 9.59 Å². The van der Waals surface area contributed by atoms with Crippen LogP contribution in [-0.4, -0.2) is 57.1 Å². The van der Waals surface area contributed by atoms with Crippen molar-refractivity contribution in [3.8, 4) is 0 Å². The highest BCUT2D eigenvalue weighted by molar-refractivity contribution is 5.77. The van der Waals surface area contributed by atoms with E-state index >= 15 is 0 Å². The molecule has 134 valence electrons. The van der Waals surface area contributed by atoms with Gasteiger partial charge in [-0.05, 0) is 39.5 Å². The summed E-state index contributed by atoms with van der Waals surface area (Å²) in [5.74, 6) is 0.0979. The Morgan fingerprint density at radius 1 is 1.17 bits per heavy atom. The van der Waals surface area contributed by atoms with E-state index in [1.54, 1.807) is 7.11 Å². The maximum Gasteiger partial charge on any atom is 0.407 e. The van der Waals surface area contributed by atoms with Gasteiger partial charge in [0.05, 0.1) is 13.2 Å². The molecule has 0 aromatic rings. The standard InChI is InChI=1S/C16H30N2O5/c1-16(2,3)23-15(20)17-10-12-6-5-7-13(12)18-14(19)11-22-9-8-21-4/h12-13H,5-11H2,1-4H3,(H,17,20)(H,18,19). The van der Waals surface area contributed by atoms with Crippen LogP contribution in [0.4, 0.5) is 4.79 Å². The molecule has 2 unspecified atom stereocenters. The highest BCUT2D eigenvalue weighted by atomic mass is 16.6. The predicted octanol–water partition coefficient (Wildman–Crippen LogP) is 1.46. The zero-order chi connectivity index (χ0) is 17.3. The number of hydrogen-bond acceptors (Lipinski definition) is 5. The number of nitrogens with one attached hydrogen (secondary N) is 2. The fourth-order valence-electron chi connectivity index (χ4n) is 2.56. The highest BCUT2D eigenvalue weighted by Gasteiger charge is 2.29. The predicted molar refractivity (Wildman–Crippen MR) is 86.2 cm³/mol. The SMILES string of the molecule is COCCOCC(=O)NC1CCCC1CNC(=O)OC(C)(C)C. The molecule has 0 bridgehead atoms. The van der Waals surface area contributed by atoms with Crippen LogP contribution >= 0.6 is 0 Å². The zero-order valence-electron chi connectivity index (χ0n) is 14.6. The van der Waals surface area contributed by atoms with E-state index in [0.29, 0.717) is 19.8 Å². The van der Waals surface area contributed by atoms with Gasteiger partial charge < -0.3 is 24.8 Å². The molecule has 0 heterocycles. The van der Waals surface area contributed by atoms with Gasteiger partial charge in [0.2, 0.25) is 5.91 Å². The van der Waals surface area contributed by atoms with Crippen LogP contribution in [0, 0.1) is 5.92 Å². The summed E-state index contributed by atoms with van der Waals surface area (Å²) in [6.45, 7) is 6.89. The van der Waals surface area contributed by atoms with E-state index in [0.717, 1.165) is 19.3 Å². The van der Waals surface area contributed by atoms with Gasteiger partial charge in [0.25, 0.3) is 0 Å². The first-order valence-corrected chi connectivity index (χ1v) is 8.14. The maximum atomic E-state index is 11.8. The van der Waals surface area contributed by atoms with E-state index in [2.05, 4.69) is 10.6 Å². The lowest BCUT2D eigenvalue weighted by molar-refractivity contribution is -0.127. The summed E-state index contributed by atoms with van der Waals surface area (Å²) in [6.07, 6.45) is 2.52. The molecule has 0 spiro atoms. The fourth-order valence-corrected chi connectivity index (χ4v) is 2.56. The highest BCUT2D eigenvalue weighted by Crippen LogP contribution is 2.25. The molecule has 0 aromatic carbocycles. The number of alkyl carbamates (subject to hydrolysis) is 1. The Morgan fingerprint density at radius 2 is 1.91 bits per heavy atom. The van der Waals surface area contributed by atoms with Crippen LogP contribution in [0.2, 0.25) is 0 Å². The lowest BCUT2D eigenvalue weighted by Crippen LogP contribution is -2.44. The smallest absolute Gasteiger partial charge is 0.407 e. The largest absolute Gasteiger partial charge is 0.444 e. The summed E-state index contributed by atoms with van der Waals surface area (Å²) in [5, 5.41) is 5.77. The van der Waals surface area contributed by atoms with Crippen LogP contribution in [-0.2, 0) is 19.0 Å². The van der Waals surface area contributed by atoms with Crippen LogP contribution < -0.4 is 10.6 Å². The monoisotopic (exact) mass is 330 g/mol. The second-order valence-electron chi connectivity index (χ2n) is 6.79. The number of carbonyl (C=O) groups excluding carboxylic acids is 2. The topological polar surface area (TPSA) is 85.9 Å². The Morgan fingerprint density at radius 3 is 2.57 bits per heavy atom. The van der Waals surface area contributed by atoms with Crippen LogP contribution in [0.3, 0.4) is 0 Å². The third-order valence-corrected chi connectivity index (χ3v) is 3.58. The quantitative estimate of drug-likeness (QED) is 0.658. The number of rotatable bonds is 8. The van der Waals surface area contributed by atoms with Gasteiger partial charge in [0.1, 0.15) is 12.2 Å². The van der Waals surface area contributed by atoms with Gasteiger partial charge >= 0.3 is 6.09 Å². The summed E-state index contributed by atoms with van der Waals surface area (Å²) < 4.78 is 15.3. The second-order valence-corrected chi connectivity index (χ2v) is 6.79. The number of amides is 2. The minimum absolute atomic E-state index is 0.0338. The molecule has 2 atom stereocenters. The number of hydrogen-bond donors (Lipinski definition) is 2. The number of carbonyl (C=O) groups is 2. The lowest BCUT2D eigenvalue weighted by Gasteiger charge is -2.23. The van der Waals surface area contributed by atoms with Crippen molar-refractivity contribution in [2.24, 2.45) is 5.92 Å². The Bertz CT molecular complexity index is 381. The molecule has 2 amide bonds. The maximum absolute atomic E-state index is 11.8. The van der Waals surface area contributed by atoms with Gasteiger partial charge in [-0.3, -0.25) is 4.79 Å². The Kier molecular flexibility index (Phi) is 8.33. The molecule has 0 radical (unpaired) electrons. The first kappa shape index (κ1) is 19.7. The summed E-state index contributed by atoms with van der Waals surface area (Å²) in [4.78, 5) is 23.5. The summed E-state index contributed by atoms with van der Waals surface area (Å²) in [5.41, 5.74) is -0.507. The summed E-state index contributed by atoms with van der Waals surface area (Å²) >= 11 is 0. The van der Waals surface area contributed by atoms with Crippen molar-refractivity contribution < 1.29 is 23.8 Å². The van der Waals surface area contributed by atoms with E-state index < -0.39 is 11.7 Å². The van der Waals surface area contributed by atoms with Crippen LogP contribution in [0.5, 0.6) is 0 Å². The molecule has 7 heteroatoms. The molecule has 7 nitrogen and oxygen atoms in total. The fraction of sp³-hybridized carbons (Fsp3) is 0.875. The summed E-state index contributed by atoms with van der Waals surface area (Å²) in [7, 11) is 1.59. The van der Waals surface area contributed by atoms with Gasteiger partial charge in [-0.1, -0.05) is 6.42 Å². The number of ether oxygens (including phenoxy) is 3. The van der Waals surface area contributed by atoms with E-state index in [4.69, 9.17) is 14.2 Å². The molecule has 0 aliphatic heterocycles. The number of methoxy groups -OCH3 is 1. The molecule has 1 aliphatic rings. The van der Waals surface area contributed by atoms with Crippen LogP contribution in [0.25, 0.3) is 0 Å². The van der Waals surface area contributed by atoms with E-state index in [-0.39, 0.29) is 24.5 Å². The van der Waals surface area contributed by atoms with Crippen LogP contribution in [0.1, 0.15) is 40.0 Å². The first-order chi connectivity index (χ1) is 10.8. The van der Waals surface area contributed by atoms with Gasteiger partial charge in [0, 0.05) is 19.7 Å². The average Bonchev–Trinajstić information content (AvgIpc) is 2.87. The van der Waals surface area contributed by atoms with Crippen molar-refractivity contribution in [3.05, 3.63) is 0 Å².